The molecule has 1 aromatic carbocycles. The maximum absolute atomic E-state index is 13.5. The van der Waals surface area contributed by atoms with Crippen molar-refractivity contribution < 1.29 is 18.7 Å². The van der Waals surface area contributed by atoms with Crippen LogP contribution in [0.5, 0.6) is 0 Å². The molecule has 4 heteroatoms. The van der Waals surface area contributed by atoms with Crippen LogP contribution in [0.2, 0.25) is 0 Å². The first-order chi connectivity index (χ1) is 7.54. The topological polar surface area (TPSA) is 43.4 Å². The molecule has 0 aliphatic rings. The Morgan fingerprint density at radius 2 is 2.06 bits per heavy atom. The van der Waals surface area contributed by atoms with Gasteiger partial charge in [0.1, 0.15) is 11.6 Å². The van der Waals surface area contributed by atoms with Crippen LogP contribution in [0.3, 0.4) is 0 Å². The molecule has 1 rings (SSSR count). The van der Waals surface area contributed by atoms with Crippen molar-refractivity contribution >= 4 is 11.8 Å². The first-order valence-electron chi connectivity index (χ1n) is 4.99. The lowest BCUT2D eigenvalue weighted by atomic mass is 10.1. The summed E-state index contributed by atoms with van der Waals surface area (Å²) in [5.41, 5.74) is 0.451. The van der Waals surface area contributed by atoms with E-state index in [2.05, 4.69) is 0 Å². The lowest BCUT2D eigenvalue weighted by molar-refractivity contribution is -0.116. The smallest absolute Gasteiger partial charge is 0.338 e. The Morgan fingerprint density at radius 1 is 1.38 bits per heavy atom. The van der Waals surface area contributed by atoms with Crippen molar-refractivity contribution in [2.75, 3.05) is 6.61 Å². The largest absolute Gasteiger partial charge is 0.462 e. The Bertz CT molecular complexity index is 413. The third-order valence-corrected chi connectivity index (χ3v) is 2.00. The molecule has 0 atom stereocenters. The number of ketones is 1. The molecule has 0 aliphatic carbocycles. The van der Waals surface area contributed by atoms with Crippen LogP contribution in [0.1, 0.15) is 29.8 Å². The van der Waals surface area contributed by atoms with Crippen LogP contribution in [0, 0.1) is 5.82 Å². The van der Waals surface area contributed by atoms with Gasteiger partial charge in [-0.25, -0.2) is 9.18 Å². The van der Waals surface area contributed by atoms with E-state index in [1.165, 1.54) is 19.1 Å². The van der Waals surface area contributed by atoms with Gasteiger partial charge in [-0.05, 0) is 31.5 Å². The zero-order valence-electron chi connectivity index (χ0n) is 9.25. The Kier molecular flexibility index (Phi) is 4.17. The van der Waals surface area contributed by atoms with Crippen molar-refractivity contribution in [1.82, 2.24) is 0 Å². The quantitative estimate of drug-likeness (QED) is 0.736. The van der Waals surface area contributed by atoms with Crippen LogP contribution < -0.4 is 0 Å². The summed E-state index contributed by atoms with van der Waals surface area (Å²) < 4.78 is 18.2. The lowest BCUT2D eigenvalue weighted by Gasteiger charge is -2.04. The molecule has 0 unspecified atom stereocenters. The van der Waals surface area contributed by atoms with Gasteiger partial charge in [0.2, 0.25) is 0 Å². The molecular formula is C12H13FO3. The molecule has 0 radical (unpaired) electrons. The van der Waals surface area contributed by atoms with Crippen LogP contribution in [-0.4, -0.2) is 18.4 Å². The predicted molar refractivity (Wildman–Crippen MR) is 56.7 cm³/mol. The van der Waals surface area contributed by atoms with Gasteiger partial charge in [0.25, 0.3) is 0 Å². The number of benzene rings is 1. The molecule has 0 spiro atoms. The molecule has 0 heterocycles. The van der Waals surface area contributed by atoms with Crippen molar-refractivity contribution in [3.63, 3.8) is 0 Å². The van der Waals surface area contributed by atoms with Crippen LogP contribution in [-0.2, 0) is 16.0 Å². The molecule has 16 heavy (non-hydrogen) atoms. The molecule has 0 saturated carbocycles. The van der Waals surface area contributed by atoms with Crippen molar-refractivity contribution in [3.05, 3.63) is 35.1 Å². The number of hydrogen-bond donors (Lipinski definition) is 0. The summed E-state index contributed by atoms with van der Waals surface area (Å²) >= 11 is 0. The number of carbonyl (C=O) groups is 2. The van der Waals surface area contributed by atoms with Gasteiger partial charge in [-0.2, -0.15) is 0 Å². The Morgan fingerprint density at radius 3 is 2.56 bits per heavy atom. The minimum atomic E-state index is -0.559. The summed E-state index contributed by atoms with van der Waals surface area (Å²) in [5.74, 6) is -1.24. The third-order valence-electron chi connectivity index (χ3n) is 2.00. The summed E-state index contributed by atoms with van der Waals surface area (Å²) in [6.07, 6.45) is 0.0366. The van der Waals surface area contributed by atoms with E-state index in [1.807, 2.05) is 0 Å². The maximum atomic E-state index is 13.5. The summed E-state index contributed by atoms with van der Waals surface area (Å²) in [6.45, 7) is 3.31. The van der Waals surface area contributed by atoms with Crippen molar-refractivity contribution in [2.45, 2.75) is 20.3 Å². The predicted octanol–water partition coefficient (Wildman–Crippen LogP) is 2.13. The molecule has 0 aliphatic heterocycles. The molecule has 0 amide bonds. The van der Waals surface area contributed by atoms with Crippen molar-refractivity contribution in [2.24, 2.45) is 0 Å². The van der Waals surface area contributed by atoms with Crippen molar-refractivity contribution in [1.29, 1.82) is 0 Å². The molecule has 3 nitrogen and oxygen atoms in total. The van der Waals surface area contributed by atoms with Gasteiger partial charge in [-0.1, -0.05) is 6.07 Å². The molecule has 0 saturated heterocycles. The highest BCUT2D eigenvalue weighted by Crippen LogP contribution is 2.12. The minimum Gasteiger partial charge on any atom is -0.462 e. The summed E-state index contributed by atoms with van der Waals surface area (Å²) in [5, 5.41) is 0. The summed E-state index contributed by atoms with van der Waals surface area (Å²) in [4.78, 5) is 22.1. The normalized spacial score (nSPS) is 9.94. The molecule has 0 bridgehead atoms. The molecule has 1 aromatic rings. The number of rotatable bonds is 4. The molecule has 0 N–H and O–H groups in total. The second kappa shape index (κ2) is 5.39. The molecule has 86 valence electrons. The minimum absolute atomic E-state index is 0.0366. The highest BCUT2D eigenvalue weighted by atomic mass is 19.1. The zero-order chi connectivity index (χ0) is 12.1. The molecule has 0 fully saturated rings. The van der Waals surface area contributed by atoms with Crippen molar-refractivity contribution in [3.8, 4) is 0 Å². The van der Waals surface area contributed by atoms with Gasteiger partial charge in [0, 0.05) is 6.42 Å². The van der Waals surface area contributed by atoms with Crippen LogP contribution in [0.4, 0.5) is 4.39 Å². The number of Topliss-reactive ketones (excluding diaryl/α,β-unsaturated/α-hetero) is 1. The highest BCUT2D eigenvalue weighted by Gasteiger charge is 2.11. The van der Waals surface area contributed by atoms with E-state index in [0.29, 0.717) is 5.56 Å². The van der Waals surface area contributed by atoms with E-state index in [-0.39, 0.29) is 24.4 Å². The van der Waals surface area contributed by atoms with Gasteiger partial charge < -0.3 is 4.74 Å². The Labute approximate surface area is 93.2 Å². The maximum Gasteiger partial charge on any atom is 0.338 e. The van der Waals surface area contributed by atoms with Gasteiger partial charge in [0.15, 0.2) is 0 Å². The van der Waals surface area contributed by atoms with Crippen LogP contribution in [0.25, 0.3) is 0 Å². The van der Waals surface area contributed by atoms with Gasteiger partial charge >= 0.3 is 5.97 Å². The van der Waals surface area contributed by atoms with E-state index in [1.54, 1.807) is 6.92 Å². The zero-order valence-corrected chi connectivity index (χ0v) is 9.25. The average Bonchev–Trinajstić information content (AvgIpc) is 2.20. The fourth-order valence-electron chi connectivity index (χ4n) is 1.30. The summed E-state index contributed by atoms with van der Waals surface area (Å²) in [7, 11) is 0. The number of carbonyl (C=O) groups excluding carboxylic acids is 2. The second-order valence-electron chi connectivity index (χ2n) is 3.41. The van der Waals surface area contributed by atoms with E-state index in [4.69, 9.17) is 4.74 Å². The van der Waals surface area contributed by atoms with E-state index >= 15 is 0 Å². The average molecular weight is 224 g/mol. The fourth-order valence-corrected chi connectivity index (χ4v) is 1.30. The number of hydrogen-bond acceptors (Lipinski definition) is 3. The molecule has 0 aromatic heterocycles. The van der Waals surface area contributed by atoms with E-state index in [0.717, 1.165) is 6.07 Å². The lowest BCUT2D eigenvalue weighted by Crippen LogP contribution is -2.06. The second-order valence-corrected chi connectivity index (χ2v) is 3.41. The summed E-state index contributed by atoms with van der Waals surface area (Å²) in [6, 6.07) is 3.98. The van der Waals surface area contributed by atoms with Gasteiger partial charge in [-0.3, -0.25) is 4.79 Å². The Balaban J connectivity index is 2.90. The number of esters is 1. The van der Waals surface area contributed by atoms with E-state index in [9.17, 15) is 14.0 Å². The molecular weight excluding hydrogens is 211 g/mol. The van der Waals surface area contributed by atoms with E-state index < -0.39 is 11.8 Å². The monoisotopic (exact) mass is 224 g/mol. The SMILES string of the molecule is CCOC(=O)c1ccc(CC(C)=O)c(F)c1. The van der Waals surface area contributed by atoms with Crippen LogP contribution in [0.15, 0.2) is 18.2 Å². The van der Waals surface area contributed by atoms with Gasteiger partial charge in [0.05, 0.1) is 12.2 Å². The highest BCUT2D eigenvalue weighted by molar-refractivity contribution is 5.89. The first kappa shape index (κ1) is 12.4. The number of halogens is 1. The van der Waals surface area contributed by atoms with Gasteiger partial charge in [-0.15, -0.1) is 0 Å². The third kappa shape index (κ3) is 3.15. The van der Waals surface area contributed by atoms with Crippen LogP contribution >= 0.6 is 0 Å². The fraction of sp³-hybridized carbons (Fsp3) is 0.333. The first-order valence-corrected chi connectivity index (χ1v) is 4.99. The Hall–Kier alpha value is -1.71. The number of ether oxygens (including phenoxy) is 1. The standard InChI is InChI=1S/C12H13FO3/c1-3-16-12(15)10-5-4-9(6-8(2)14)11(13)7-10/h4-5,7H,3,6H2,1-2H3.